The third kappa shape index (κ3) is 3.45. The average Bonchev–Trinajstić information content (AvgIpc) is 3.10. The molecular weight excluding hydrogens is 334 g/mol. The van der Waals surface area contributed by atoms with Crippen LogP contribution in [0.5, 0.6) is 5.75 Å². The van der Waals surface area contributed by atoms with Crippen molar-refractivity contribution in [2.75, 3.05) is 26.0 Å². The number of ether oxygens (including phenoxy) is 1. The molecule has 0 amide bonds. The van der Waals surface area contributed by atoms with Gasteiger partial charge in [0.1, 0.15) is 22.2 Å². The van der Waals surface area contributed by atoms with Gasteiger partial charge in [0.2, 0.25) is 0 Å². The molecular formula is C15H19N3O3S2. The molecule has 0 aliphatic carbocycles. The second kappa shape index (κ2) is 7.04. The second-order valence-corrected chi connectivity index (χ2v) is 7.55. The highest BCUT2D eigenvalue weighted by molar-refractivity contribution is 7.99. The fourth-order valence-electron chi connectivity index (χ4n) is 2.46. The van der Waals surface area contributed by atoms with Gasteiger partial charge in [-0.2, -0.15) is 0 Å². The van der Waals surface area contributed by atoms with Crippen LogP contribution in [0.4, 0.5) is 0 Å². The standard InChI is InChI=1S/C15H19N3O3S2/c1-18-11(15(19)20)8-22-14(18)13-17-10-4-3-9(7-12(10)23-13)21-6-2-5-16/h3-4,7,11,14H,2,5-6,8,16H2,1H3,(H,19,20)/t11-,14?/m1/s1. The van der Waals surface area contributed by atoms with E-state index in [0.29, 0.717) is 18.9 Å². The molecule has 1 aliphatic heterocycles. The summed E-state index contributed by atoms with van der Waals surface area (Å²) in [6.07, 6.45) is 0.825. The van der Waals surface area contributed by atoms with E-state index in [2.05, 4.69) is 4.98 Å². The summed E-state index contributed by atoms with van der Waals surface area (Å²) in [5.74, 6) is 0.621. The van der Waals surface area contributed by atoms with E-state index in [1.807, 2.05) is 30.1 Å². The summed E-state index contributed by atoms with van der Waals surface area (Å²) in [5, 5.41) is 10.2. The molecule has 3 N–H and O–H groups in total. The predicted molar refractivity (Wildman–Crippen MR) is 93.2 cm³/mol. The van der Waals surface area contributed by atoms with Crippen LogP contribution in [0, 0.1) is 0 Å². The summed E-state index contributed by atoms with van der Waals surface area (Å²) in [7, 11) is 1.84. The first kappa shape index (κ1) is 16.5. The van der Waals surface area contributed by atoms with Crippen LogP contribution >= 0.6 is 23.1 Å². The number of thiazole rings is 1. The zero-order valence-corrected chi connectivity index (χ0v) is 14.4. The number of carboxylic acid groups (broad SMARTS) is 1. The van der Waals surface area contributed by atoms with Crippen molar-refractivity contribution in [2.24, 2.45) is 5.73 Å². The molecule has 1 unspecified atom stereocenters. The Labute approximate surface area is 142 Å². The molecule has 1 aliphatic rings. The first-order valence-corrected chi connectivity index (χ1v) is 9.26. The molecule has 2 aromatic rings. The maximum absolute atomic E-state index is 11.2. The molecule has 2 atom stereocenters. The number of carbonyl (C=O) groups is 1. The fourth-order valence-corrected chi connectivity index (χ4v) is 5.16. The Kier molecular flexibility index (Phi) is 5.05. The molecule has 3 rings (SSSR count). The number of benzene rings is 1. The van der Waals surface area contributed by atoms with Crippen molar-refractivity contribution in [3.05, 3.63) is 23.2 Å². The molecule has 1 aromatic carbocycles. The van der Waals surface area contributed by atoms with E-state index in [1.165, 1.54) is 0 Å². The minimum Gasteiger partial charge on any atom is -0.493 e. The third-order valence-electron chi connectivity index (χ3n) is 3.76. The Morgan fingerprint density at radius 2 is 2.39 bits per heavy atom. The van der Waals surface area contributed by atoms with Crippen molar-refractivity contribution < 1.29 is 14.6 Å². The summed E-state index contributed by atoms with van der Waals surface area (Å²) < 4.78 is 6.72. The third-order valence-corrected chi connectivity index (χ3v) is 6.36. The van der Waals surface area contributed by atoms with Gasteiger partial charge < -0.3 is 15.6 Å². The molecule has 1 saturated heterocycles. The highest BCUT2D eigenvalue weighted by atomic mass is 32.2. The lowest BCUT2D eigenvalue weighted by molar-refractivity contribution is -0.141. The number of carboxylic acids is 1. The monoisotopic (exact) mass is 353 g/mol. The largest absolute Gasteiger partial charge is 0.493 e. The Morgan fingerprint density at radius 3 is 3.09 bits per heavy atom. The maximum Gasteiger partial charge on any atom is 0.321 e. The summed E-state index contributed by atoms with van der Waals surface area (Å²) >= 11 is 3.22. The van der Waals surface area contributed by atoms with E-state index >= 15 is 0 Å². The smallest absolute Gasteiger partial charge is 0.321 e. The quantitative estimate of drug-likeness (QED) is 0.769. The lowest BCUT2D eigenvalue weighted by Gasteiger charge is -2.19. The van der Waals surface area contributed by atoms with Crippen LogP contribution < -0.4 is 10.5 Å². The molecule has 1 fully saturated rings. The maximum atomic E-state index is 11.2. The van der Waals surface area contributed by atoms with Gasteiger partial charge in [-0.1, -0.05) is 0 Å². The molecule has 0 spiro atoms. The van der Waals surface area contributed by atoms with Gasteiger partial charge >= 0.3 is 5.97 Å². The summed E-state index contributed by atoms with van der Waals surface area (Å²) in [6.45, 7) is 1.22. The first-order chi connectivity index (χ1) is 11.1. The van der Waals surface area contributed by atoms with Crippen LogP contribution in [0.2, 0.25) is 0 Å². The van der Waals surface area contributed by atoms with Crippen LogP contribution in [0.3, 0.4) is 0 Å². The van der Waals surface area contributed by atoms with Gasteiger partial charge in [-0.05, 0) is 38.2 Å². The average molecular weight is 353 g/mol. The molecule has 0 radical (unpaired) electrons. The number of hydrogen-bond donors (Lipinski definition) is 2. The SMILES string of the molecule is CN1C(c2nc3ccc(OCCCN)cc3s2)SC[C@@H]1C(=O)O. The van der Waals surface area contributed by atoms with E-state index in [9.17, 15) is 9.90 Å². The van der Waals surface area contributed by atoms with E-state index in [-0.39, 0.29) is 5.37 Å². The van der Waals surface area contributed by atoms with E-state index in [1.54, 1.807) is 23.1 Å². The zero-order valence-electron chi connectivity index (χ0n) is 12.8. The highest BCUT2D eigenvalue weighted by Gasteiger charge is 2.38. The van der Waals surface area contributed by atoms with Gasteiger partial charge in [0.25, 0.3) is 0 Å². The van der Waals surface area contributed by atoms with E-state index in [0.717, 1.165) is 27.4 Å². The zero-order chi connectivity index (χ0) is 16.4. The van der Waals surface area contributed by atoms with Crippen molar-refractivity contribution in [3.63, 3.8) is 0 Å². The molecule has 124 valence electrons. The van der Waals surface area contributed by atoms with E-state index in [4.69, 9.17) is 10.5 Å². The lowest BCUT2D eigenvalue weighted by atomic mass is 10.3. The molecule has 23 heavy (non-hydrogen) atoms. The predicted octanol–water partition coefficient (Wildman–Crippen LogP) is 2.15. The minimum absolute atomic E-state index is 0.00453. The number of nitrogens with zero attached hydrogens (tertiary/aromatic N) is 2. The summed E-state index contributed by atoms with van der Waals surface area (Å²) in [6, 6.07) is 5.39. The Balaban J connectivity index is 1.79. The minimum atomic E-state index is -0.779. The molecule has 0 bridgehead atoms. The number of hydrogen-bond acceptors (Lipinski definition) is 7. The topological polar surface area (TPSA) is 88.7 Å². The van der Waals surface area contributed by atoms with Crippen molar-refractivity contribution in [3.8, 4) is 5.75 Å². The van der Waals surface area contributed by atoms with Crippen LogP contribution in [-0.4, -0.2) is 53.0 Å². The molecule has 8 heteroatoms. The summed E-state index contributed by atoms with van der Waals surface area (Å²) in [5.41, 5.74) is 6.39. The highest BCUT2D eigenvalue weighted by Crippen LogP contribution is 2.43. The van der Waals surface area contributed by atoms with Gasteiger partial charge in [-0.25, -0.2) is 4.98 Å². The number of thioether (sulfide) groups is 1. The van der Waals surface area contributed by atoms with E-state index < -0.39 is 12.0 Å². The number of rotatable bonds is 6. The van der Waals surface area contributed by atoms with Crippen molar-refractivity contribution in [2.45, 2.75) is 17.8 Å². The van der Waals surface area contributed by atoms with Crippen molar-refractivity contribution in [1.29, 1.82) is 0 Å². The summed E-state index contributed by atoms with van der Waals surface area (Å²) in [4.78, 5) is 17.8. The first-order valence-electron chi connectivity index (χ1n) is 7.40. The fraction of sp³-hybridized carbons (Fsp3) is 0.467. The number of nitrogens with two attached hydrogens (primary N) is 1. The van der Waals surface area contributed by atoms with Crippen LogP contribution in [-0.2, 0) is 4.79 Å². The van der Waals surface area contributed by atoms with Crippen LogP contribution in [0.1, 0.15) is 16.8 Å². The number of likely N-dealkylation sites (N-methyl/N-ethyl adjacent to an activating group) is 1. The Hall–Kier alpha value is -1.35. The number of aliphatic carboxylic acids is 1. The molecule has 0 saturated carbocycles. The number of aromatic nitrogens is 1. The van der Waals surface area contributed by atoms with Crippen molar-refractivity contribution >= 4 is 39.3 Å². The lowest BCUT2D eigenvalue weighted by Crippen LogP contribution is -2.35. The van der Waals surface area contributed by atoms with Gasteiger partial charge in [0.15, 0.2) is 0 Å². The Morgan fingerprint density at radius 1 is 1.57 bits per heavy atom. The van der Waals surface area contributed by atoms with Crippen LogP contribution in [0.25, 0.3) is 10.2 Å². The van der Waals surface area contributed by atoms with Crippen LogP contribution in [0.15, 0.2) is 18.2 Å². The molecule has 6 nitrogen and oxygen atoms in total. The van der Waals surface area contributed by atoms with Gasteiger partial charge in [-0.3, -0.25) is 9.69 Å². The number of fused-ring (bicyclic) bond motifs is 1. The molecule has 1 aromatic heterocycles. The van der Waals surface area contributed by atoms with Gasteiger partial charge in [-0.15, -0.1) is 23.1 Å². The van der Waals surface area contributed by atoms with Crippen molar-refractivity contribution in [1.82, 2.24) is 9.88 Å². The Bertz CT molecular complexity index is 706. The normalized spacial score (nSPS) is 21.8. The second-order valence-electron chi connectivity index (χ2n) is 5.38. The molecule has 2 heterocycles. The van der Waals surface area contributed by atoms with Gasteiger partial charge in [0.05, 0.1) is 16.8 Å². The van der Waals surface area contributed by atoms with Gasteiger partial charge in [0, 0.05) is 5.75 Å².